The van der Waals surface area contributed by atoms with Crippen LogP contribution in [0.15, 0.2) is 97.1 Å². The zero-order chi connectivity index (χ0) is 28.3. The Morgan fingerprint density at radius 1 is 0.415 bits per heavy atom. The van der Waals surface area contributed by atoms with Crippen molar-refractivity contribution >= 4 is 32.9 Å². The topological polar surface area (TPSA) is 12.0 Å². The Hall–Kier alpha value is -4.36. The van der Waals surface area contributed by atoms with Crippen LogP contribution in [0.3, 0.4) is 0 Å². The fraction of sp³-hybridized carbons (Fsp3) is 0.200. The smallest absolute Gasteiger partial charge is 0.0387 e. The van der Waals surface area contributed by atoms with E-state index in [1.807, 2.05) is 0 Å². The van der Waals surface area contributed by atoms with Crippen molar-refractivity contribution in [3.8, 4) is 22.3 Å². The van der Waals surface area contributed by atoms with Gasteiger partial charge in [0.1, 0.15) is 0 Å². The summed E-state index contributed by atoms with van der Waals surface area (Å²) in [5.74, 6) is 0. The van der Waals surface area contributed by atoms with Crippen molar-refractivity contribution in [3.63, 3.8) is 0 Å². The van der Waals surface area contributed by atoms with Crippen LogP contribution in [-0.4, -0.2) is 0 Å². The molecule has 6 aromatic rings. The summed E-state index contributed by atoms with van der Waals surface area (Å²) in [6.07, 6.45) is 0. The van der Waals surface area contributed by atoms with Crippen LogP contribution >= 0.6 is 0 Å². The van der Waals surface area contributed by atoms with E-state index in [4.69, 9.17) is 0 Å². The van der Waals surface area contributed by atoms with Gasteiger partial charge in [-0.2, -0.15) is 0 Å². The first-order chi connectivity index (χ1) is 19.7. The molecule has 1 heteroatoms. The lowest BCUT2D eigenvalue weighted by Gasteiger charge is -2.24. The summed E-state index contributed by atoms with van der Waals surface area (Å²) in [7, 11) is 0. The van der Waals surface area contributed by atoms with E-state index in [0.29, 0.717) is 0 Å². The van der Waals surface area contributed by atoms with Crippen molar-refractivity contribution in [3.05, 3.63) is 130 Å². The Kier molecular flexibility index (Phi) is 4.83. The van der Waals surface area contributed by atoms with Crippen molar-refractivity contribution < 1.29 is 0 Å². The number of nitrogens with one attached hydrogen (secondary N) is 1. The zero-order valence-corrected chi connectivity index (χ0v) is 24.7. The van der Waals surface area contributed by atoms with Gasteiger partial charge in [0.15, 0.2) is 0 Å². The monoisotopic (exact) mass is 529 g/mol. The van der Waals surface area contributed by atoms with Gasteiger partial charge in [0.2, 0.25) is 0 Å². The van der Waals surface area contributed by atoms with E-state index in [0.717, 1.165) is 11.4 Å². The molecule has 0 heterocycles. The van der Waals surface area contributed by atoms with Gasteiger partial charge < -0.3 is 5.32 Å². The van der Waals surface area contributed by atoms with E-state index in [1.165, 1.54) is 77.2 Å². The molecule has 0 aromatic heterocycles. The number of aryl methyl sites for hydroxylation is 2. The SMILES string of the molecule is Cc1c(C)c2cc3c(cc2c2ccccc12)-c1cc2c(cc1C3(C)C)-c1ccc(Nc3ccccc3)cc1C2(C)C. The summed E-state index contributed by atoms with van der Waals surface area (Å²) in [4.78, 5) is 0. The third-order valence-corrected chi connectivity index (χ3v) is 10.3. The van der Waals surface area contributed by atoms with E-state index < -0.39 is 0 Å². The maximum atomic E-state index is 3.61. The number of fused-ring (bicyclic) bond motifs is 9. The van der Waals surface area contributed by atoms with Gasteiger partial charge in [-0.1, -0.05) is 76.2 Å². The summed E-state index contributed by atoms with van der Waals surface area (Å²) >= 11 is 0. The second-order valence-electron chi connectivity index (χ2n) is 13.2. The minimum absolute atomic E-state index is 0.0679. The second kappa shape index (κ2) is 8.10. The van der Waals surface area contributed by atoms with Gasteiger partial charge in [-0.3, -0.25) is 0 Å². The van der Waals surface area contributed by atoms with Gasteiger partial charge >= 0.3 is 0 Å². The minimum atomic E-state index is -0.0851. The van der Waals surface area contributed by atoms with Gasteiger partial charge in [0.25, 0.3) is 0 Å². The van der Waals surface area contributed by atoms with Crippen molar-refractivity contribution in [2.45, 2.75) is 52.4 Å². The number of benzene rings is 6. The molecule has 0 radical (unpaired) electrons. The van der Waals surface area contributed by atoms with Gasteiger partial charge in [0, 0.05) is 22.2 Å². The third kappa shape index (κ3) is 3.24. The molecule has 8 rings (SSSR count). The Morgan fingerprint density at radius 3 is 1.66 bits per heavy atom. The maximum absolute atomic E-state index is 3.61. The highest BCUT2D eigenvalue weighted by Crippen LogP contribution is 2.57. The molecule has 200 valence electrons. The summed E-state index contributed by atoms with van der Waals surface area (Å²) in [6.45, 7) is 14.2. The molecule has 41 heavy (non-hydrogen) atoms. The molecule has 2 aliphatic rings. The molecule has 0 saturated carbocycles. The molecule has 2 aliphatic carbocycles. The van der Waals surface area contributed by atoms with Crippen LogP contribution in [0.5, 0.6) is 0 Å². The molecule has 1 nitrogen and oxygen atoms in total. The van der Waals surface area contributed by atoms with Crippen LogP contribution in [0, 0.1) is 13.8 Å². The molecule has 0 unspecified atom stereocenters. The lowest BCUT2D eigenvalue weighted by Crippen LogP contribution is -2.17. The van der Waals surface area contributed by atoms with E-state index >= 15 is 0 Å². The fourth-order valence-corrected chi connectivity index (χ4v) is 7.75. The van der Waals surface area contributed by atoms with E-state index in [2.05, 4.69) is 144 Å². The summed E-state index contributed by atoms with van der Waals surface area (Å²) < 4.78 is 0. The predicted octanol–water partition coefficient (Wildman–Crippen LogP) is 11.0. The average Bonchev–Trinajstić information content (AvgIpc) is 3.33. The molecule has 0 bridgehead atoms. The fourth-order valence-electron chi connectivity index (χ4n) is 7.75. The number of rotatable bonds is 2. The van der Waals surface area contributed by atoms with Crippen LogP contribution in [0.4, 0.5) is 11.4 Å². The average molecular weight is 530 g/mol. The van der Waals surface area contributed by atoms with E-state index in [9.17, 15) is 0 Å². The quantitative estimate of drug-likeness (QED) is 0.220. The Bertz CT molecular complexity index is 2080. The van der Waals surface area contributed by atoms with Crippen LogP contribution in [-0.2, 0) is 10.8 Å². The second-order valence-corrected chi connectivity index (χ2v) is 13.2. The molecule has 0 saturated heterocycles. The van der Waals surface area contributed by atoms with Crippen LogP contribution < -0.4 is 5.32 Å². The lowest BCUT2D eigenvalue weighted by molar-refractivity contribution is 0.652. The van der Waals surface area contributed by atoms with Gasteiger partial charge in [-0.05, 0) is 140 Å². The molecule has 0 spiro atoms. The first-order valence-corrected chi connectivity index (χ1v) is 14.8. The highest BCUT2D eigenvalue weighted by molar-refractivity contribution is 6.13. The minimum Gasteiger partial charge on any atom is -0.356 e. The summed E-state index contributed by atoms with van der Waals surface area (Å²) in [6, 6.07) is 36.3. The number of anilines is 2. The zero-order valence-electron chi connectivity index (χ0n) is 24.7. The number of para-hydroxylation sites is 1. The van der Waals surface area contributed by atoms with Gasteiger partial charge in [-0.15, -0.1) is 0 Å². The van der Waals surface area contributed by atoms with Crippen molar-refractivity contribution in [2.24, 2.45) is 0 Å². The first kappa shape index (κ1) is 24.4. The lowest BCUT2D eigenvalue weighted by atomic mass is 9.79. The van der Waals surface area contributed by atoms with E-state index in [1.54, 1.807) is 0 Å². The number of hydrogen-bond donors (Lipinski definition) is 1. The maximum Gasteiger partial charge on any atom is 0.0387 e. The first-order valence-electron chi connectivity index (χ1n) is 14.8. The molecule has 1 N–H and O–H groups in total. The van der Waals surface area contributed by atoms with Crippen LogP contribution in [0.1, 0.15) is 61.1 Å². The standard InChI is InChI=1S/C40H35N/c1-23-24(2)30-20-36-32(19-31(30)28-15-11-10-14-27(23)28)34-22-37-33(21-38(34)40(36,5)6)29-17-16-26(18-35(29)39(37,3)4)41-25-12-8-7-9-13-25/h7-22,41H,1-6H3. The molecule has 0 fully saturated rings. The Labute approximate surface area is 242 Å². The highest BCUT2D eigenvalue weighted by atomic mass is 14.9. The molecule has 6 aromatic carbocycles. The van der Waals surface area contributed by atoms with Gasteiger partial charge in [-0.25, -0.2) is 0 Å². The normalized spacial score (nSPS) is 15.5. The number of hydrogen-bond acceptors (Lipinski definition) is 1. The highest BCUT2D eigenvalue weighted by Gasteiger charge is 2.42. The van der Waals surface area contributed by atoms with Crippen molar-refractivity contribution in [1.29, 1.82) is 0 Å². The van der Waals surface area contributed by atoms with Crippen molar-refractivity contribution in [2.75, 3.05) is 5.32 Å². The third-order valence-electron chi connectivity index (χ3n) is 10.3. The summed E-state index contributed by atoms with van der Waals surface area (Å²) in [5, 5.41) is 9.08. The van der Waals surface area contributed by atoms with Crippen molar-refractivity contribution in [1.82, 2.24) is 0 Å². The van der Waals surface area contributed by atoms with Gasteiger partial charge in [0.05, 0.1) is 0 Å². The Balaban J connectivity index is 1.33. The van der Waals surface area contributed by atoms with Crippen LogP contribution in [0.25, 0.3) is 43.8 Å². The predicted molar refractivity (Wildman–Crippen MR) is 176 cm³/mol. The molecular weight excluding hydrogens is 494 g/mol. The van der Waals surface area contributed by atoms with E-state index in [-0.39, 0.29) is 10.8 Å². The molecule has 0 amide bonds. The van der Waals surface area contributed by atoms with Crippen LogP contribution in [0.2, 0.25) is 0 Å². The molecule has 0 aliphatic heterocycles. The summed E-state index contributed by atoms with van der Waals surface area (Å²) in [5.41, 5.74) is 16.1. The Morgan fingerprint density at radius 2 is 0.951 bits per heavy atom. The molecular formula is C40H35N. The molecule has 0 atom stereocenters. The largest absolute Gasteiger partial charge is 0.356 e.